The summed E-state index contributed by atoms with van der Waals surface area (Å²) in [7, 11) is 0. The predicted octanol–water partition coefficient (Wildman–Crippen LogP) is 5.80. The van der Waals surface area contributed by atoms with Crippen molar-refractivity contribution in [3.63, 3.8) is 0 Å². The fourth-order valence-electron chi connectivity index (χ4n) is 7.08. The summed E-state index contributed by atoms with van der Waals surface area (Å²) < 4.78 is 1.66. The van der Waals surface area contributed by atoms with Gasteiger partial charge in [0.1, 0.15) is 4.83 Å². The number of nitrogens with zero attached hydrogens (tertiary/aromatic N) is 2. The highest BCUT2D eigenvalue weighted by Gasteiger charge is 2.51. The number of allylic oxidation sites excluding steroid dienone is 1. The van der Waals surface area contributed by atoms with Crippen LogP contribution in [0.2, 0.25) is 0 Å². The molecule has 4 fully saturated rings. The molecule has 2 aromatic heterocycles. The zero-order valence-corrected chi connectivity index (χ0v) is 21.7. The van der Waals surface area contributed by atoms with E-state index in [-0.39, 0.29) is 22.8 Å². The van der Waals surface area contributed by atoms with Gasteiger partial charge < -0.3 is 5.32 Å². The average Bonchev–Trinajstić information content (AvgIpc) is 3.23. The summed E-state index contributed by atoms with van der Waals surface area (Å²) in [5.74, 6) is 2.70. The molecule has 0 spiro atoms. The van der Waals surface area contributed by atoms with E-state index in [1.54, 1.807) is 10.6 Å². The van der Waals surface area contributed by atoms with Gasteiger partial charge in [0.25, 0.3) is 5.56 Å². The molecule has 7 heteroatoms. The van der Waals surface area contributed by atoms with Crippen LogP contribution < -0.4 is 10.9 Å². The van der Waals surface area contributed by atoms with Crippen LogP contribution in [-0.2, 0) is 11.3 Å². The summed E-state index contributed by atoms with van der Waals surface area (Å²) in [6, 6.07) is 8.21. The lowest BCUT2D eigenvalue weighted by Gasteiger charge is -2.56. The largest absolute Gasteiger partial charge is 0.350 e. The lowest BCUT2D eigenvalue weighted by Crippen LogP contribution is -2.60. The van der Waals surface area contributed by atoms with Gasteiger partial charge in [-0.25, -0.2) is 4.98 Å². The number of thioether (sulfide) groups is 1. The molecule has 3 aromatic rings. The van der Waals surface area contributed by atoms with Crippen LogP contribution in [0.5, 0.6) is 0 Å². The summed E-state index contributed by atoms with van der Waals surface area (Å²) >= 11 is 2.84. The Morgan fingerprint density at radius 2 is 1.86 bits per heavy atom. The molecule has 0 saturated heterocycles. The number of amides is 1. The summed E-state index contributed by atoms with van der Waals surface area (Å²) in [6.07, 6.45) is 9.19. The van der Waals surface area contributed by atoms with E-state index in [2.05, 4.69) is 31.0 Å². The van der Waals surface area contributed by atoms with E-state index >= 15 is 0 Å². The summed E-state index contributed by atoms with van der Waals surface area (Å²) in [6.45, 7) is 6.26. The first kappa shape index (κ1) is 23.0. The second-order valence-corrected chi connectivity index (χ2v) is 12.6. The normalized spacial score (nSPS) is 26.8. The third-order valence-corrected chi connectivity index (χ3v) is 9.96. The molecule has 35 heavy (non-hydrogen) atoms. The van der Waals surface area contributed by atoms with Gasteiger partial charge in [0.15, 0.2) is 5.16 Å². The number of hydrogen-bond acceptors (Lipinski definition) is 5. The number of benzene rings is 1. The molecule has 182 valence electrons. The van der Waals surface area contributed by atoms with Crippen LogP contribution in [0.1, 0.15) is 44.1 Å². The smallest absolute Gasteiger partial charge is 0.263 e. The molecule has 5 nitrogen and oxygen atoms in total. The minimum absolute atomic E-state index is 0.00124. The van der Waals surface area contributed by atoms with Crippen molar-refractivity contribution < 1.29 is 4.79 Å². The summed E-state index contributed by atoms with van der Waals surface area (Å²) in [5, 5.41) is 6.67. The molecule has 4 aliphatic rings. The number of carbonyl (C=O) groups is 1. The molecule has 0 radical (unpaired) electrons. The standard InChI is InChI=1S/C28H31N3O2S2/c1-3-8-31-26(33)24-22(21-6-4-17(2)5-7-21)15-34-25(24)29-27(31)35-16-23(32)30-28-12-18-9-19(13-28)11-20(10-18)14-28/h3-7,15,18-20H,1,8-14,16H2,2H3,(H,30,32). The van der Waals surface area contributed by atoms with Gasteiger partial charge in [0, 0.05) is 23.0 Å². The van der Waals surface area contributed by atoms with Crippen LogP contribution in [0.3, 0.4) is 0 Å². The summed E-state index contributed by atoms with van der Waals surface area (Å²) in [5.41, 5.74) is 3.04. The molecule has 0 aliphatic heterocycles. The number of fused-ring (bicyclic) bond motifs is 1. The Hall–Kier alpha value is -2.38. The average molecular weight is 506 g/mol. The van der Waals surface area contributed by atoms with Crippen molar-refractivity contribution in [3.05, 3.63) is 58.2 Å². The quantitative estimate of drug-likeness (QED) is 0.251. The number of nitrogens with one attached hydrogen (secondary N) is 1. The van der Waals surface area contributed by atoms with Crippen LogP contribution in [0.4, 0.5) is 0 Å². The molecule has 0 unspecified atom stereocenters. The number of aromatic nitrogens is 2. The highest BCUT2D eigenvalue weighted by atomic mass is 32.2. The lowest BCUT2D eigenvalue weighted by molar-refractivity contribution is -0.124. The Kier molecular flexibility index (Phi) is 5.88. The van der Waals surface area contributed by atoms with E-state index in [4.69, 9.17) is 4.98 Å². The fourth-order valence-corrected chi connectivity index (χ4v) is 8.87. The predicted molar refractivity (Wildman–Crippen MR) is 144 cm³/mol. The first-order valence-corrected chi connectivity index (χ1v) is 14.4. The fraction of sp³-hybridized carbons (Fsp3) is 0.464. The molecular weight excluding hydrogens is 474 g/mol. The number of carbonyl (C=O) groups excluding carboxylic acids is 1. The molecule has 2 heterocycles. The van der Waals surface area contributed by atoms with Crippen molar-refractivity contribution >= 4 is 39.2 Å². The van der Waals surface area contributed by atoms with Crippen LogP contribution >= 0.6 is 23.1 Å². The van der Waals surface area contributed by atoms with Gasteiger partial charge in [0.05, 0.1) is 11.1 Å². The van der Waals surface area contributed by atoms with Crippen molar-refractivity contribution in [2.75, 3.05) is 5.75 Å². The van der Waals surface area contributed by atoms with Crippen LogP contribution in [0, 0.1) is 24.7 Å². The Morgan fingerprint density at radius 3 is 2.49 bits per heavy atom. The zero-order chi connectivity index (χ0) is 24.2. The van der Waals surface area contributed by atoms with Gasteiger partial charge in [-0.1, -0.05) is 47.7 Å². The number of aryl methyl sites for hydroxylation is 1. The second kappa shape index (κ2) is 8.93. The van der Waals surface area contributed by atoms with Gasteiger partial charge in [0.2, 0.25) is 5.91 Å². The third-order valence-electron chi connectivity index (χ3n) is 8.11. The number of rotatable bonds is 7. The van der Waals surface area contributed by atoms with Crippen LogP contribution in [-0.4, -0.2) is 26.8 Å². The monoisotopic (exact) mass is 505 g/mol. The zero-order valence-electron chi connectivity index (χ0n) is 20.1. The van der Waals surface area contributed by atoms with Crippen molar-refractivity contribution in [1.29, 1.82) is 0 Å². The van der Waals surface area contributed by atoms with Gasteiger partial charge in [-0.05, 0) is 68.8 Å². The highest BCUT2D eigenvalue weighted by Crippen LogP contribution is 2.55. The molecule has 7 rings (SSSR count). The maximum Gasteiger partial charge on any atom is 0.263 e. The first-order valence-electron chi connectivity index (χ1n) is 12.6. The molecule has 4 aliphatic carbocycles. The van der Waals surface area contributed by atoms with Crippen LogP contribution in [0.15, 0.2) is 52.3 Å². The first-order chi connectivity index (χ1) is 16.9. The molecule has 1 aromatic carbocycles. The molecular formula is C28H31N3O2S2. The Morgan fingerprint density at radius 1 is 1.20 bits per heavy atom. The number of thiophene rings is 1. The van der Waals surface area contributed by atoms with E-state index < -0.39 is 0 Å². The van der Waals surface area contributed by atoms with Gasteiger partial charge in [-0.15, -0.1) is 17.9 Å². The van der Waals surface area contributed by atoms with Gasteiger partial charge in [-0.2, -0.15) is 0 Å². The van der Waals surface area contributed by atoms with Crippen molar-refractivity contribution in [1.82, 2.24) is 14.9 Å². The van der Waals surface area contributed by atoms with Gasteiger partial charge in [-0.3, -0.25) is 14.2 Å². The summed E-state index contributed by atoms with van der Waals surface area (Å²) in [4.78, 5) is 32.2. The van der Waals surface area contributed by atoms with Crippen molar-refractivity contribution in [2.45, 2.75) is 62.7 Å². The molecule has 4 saturated carbocycles. The minimum Gasteiger partial charge on any atom is -0.350 e. The maximum absolute atomic E-state index is 13.6. The number of hydrogen-bond donors (Lipinski definition) is 1. The molecule has 1 N–H and O–H groups in total. The van der Waals surface area contributed by atoms with Crippen LogP contribution in [0.25, 0.3) is 21.3 Å². The molecule has 0 atom stereocenters. The van der Waals surface area contributed by atoms with Gasteiger partial charge >= 0.3 is 0 Å². The SMILES string of the molecule is C=CCn1c(SCC(=O)NC23CC4CC(CC(C4)C2)C3)nc2scc(-c3ccc(C)cc3)c2c1=O. The molecule has 4 bridgehead atoms. The van der Waals surface area contributed by atoms with E-state index in [1.165, 1.54) is 47.9 Å². The maximum atomic E-state index is 13.6. The Labute approximate surface area is 214 Å². The lowest BCUT2D eigenvalue weighted by atomic mass is 9.53. The van der Waals surface area contributed by atoms with E-state index in [0.717, 1.165) is 53.0 Å². The highest BCUT2D eigenvalue weighted by molar-refractivity contribution is 7.99. The third kappa shape index (κ3) is 4.27. The Balaban J connectivity index is 1.24. The minimum atomic E-state index is -0.0734. The Bertz CT molecular complexity index is 1320. The van der Waals surface area contributed by atoms with E-state index in [9.17, 15) is 9.59 Å². The topological polar surface area (TPSA) is 64.0 Å². The van der Waals surface area contributed by atoms with Crippen molar-refractivity contribution in [2.24, 2.45) is 17.8 Å². The van der Waals surface area contributed by atoms with E-state index in [0.29, 0.717) is 17.1 Å². The van der Waals surface area contributed by atoms with Crippen molar-refractivity contribution in [3.8, 4) is 11.1 Å². The second-order valence-electron chi connectivity index (χ2n) is 10.8. The molecule has 1 amide bonds. The van der Waals surface area contributed by atoms with E-state index in [1.807, 2.05) is 17.5 Å².